The van der Waals surface area contributed by atoms with Crippen LogP contribution in [-0.2, 0) is 4.43 Å². The van der Waals surface area contributed by atoms with Crippen molar-refractivity contribution in [1.29, 1.82) is 0 Å². The van der Waals surface area contributed by atoms with Crippen LogP contribution in [0.2, 0.25) is 18.1 Å². The molecule has 0 aliphatic heterocycles. The maximum Gasteiger partial charge on any atom is 0.192 e. The minimum absolute atomic E-state index is 0.0101. The van der Waals surface area contributed by atoms with Crippen LogP contribution in [0.4, 0.5) is 0 Å². The molecule has 3 heteroatoms. The third kappa shape index (κ3) is 4.66. The highest BCUT2D eigenvalue weighted by atomic mass is 28.4. The molecule has 1 N–H and O–H groups in total. The van der Waals surface area contributed by atoms with Crippen LogP contribution in [0.5, 0.6) is 0 Å². The molecule has 0 fully saturated rings. The lowest BCUT2D eigenvalue weighted by Crippen LogP contribution is -2.46. The summed E-state index contributed by atoms with van der Waals surface area (Å²) in [4.78, 5) is 0. The van der Waals surface area contributed by atoms with E-state index in [1.165, 1.54) is 0 Å². The van der Waals surface area contributed by atoms with E-state index in [-0.39, 0.29) is 17.2 Å². The zero-order chi connectivity index (χ0) is 12.3. The summed E-state index contributed by atoms with van der Waals surface area (Å²) < 4.78 is 6.19. The first-order chi connectivity index (χ1) is 6.62. The van der Waals surface area contributed by atoms with Crippen molar-refractivity contribution in [3.05, 3.63) is 0 Å². The third-order valence-corrected chi connectivity index (χ3v) is 7.87. The minimum atomic E-state index is -1.73. The van der Waals surface area contributed by atoms with Gasteiger partial charge in [0, 0.05) is 0 Å². The lowest BCUT2D eigenvalue weighted by molar-refractivity contribution is 0.0338. The van der Waals surface area contributed by atoms with Crippen LogP contribution in [0.3, 0.4) is 0 Å². The molecule has 0 amide bonds. The molecule has 0 aromatic carbocycles. The number of rotatable bonds is 5. The Balaban J connectivity index is 4.52. The first-order valence-electron chi connectivity index (χ1n) is 5.97. The van der Waals surface area contributed by atoms with E-state index in [9.17, 15) is 5.11 Å². The van der Waals surface area contributed by atoms with E-state index >= 15 is 0 Å². The summed E-state index contributed by atoms with van der Waals surface area (Å²) in [6.07, 6.45) is 1.66. The third-order valence-electron chi connectivity index (χ3n) is 3.36. The molecule has 0 aromatic rings. The van der Waals surface area contributed by atoms with Crippen LogP contribution < -0.4 is 0 Å². The van der Waals surface area contributed by atoms with E-state index in [1.54, 1.807) is 0 Å². The molecule has 15 heavy (non-hydrogen) atoms. The molecule has 0 saturated heterocycles. The van der Waals surface area contributed by atoms with Gasteiger partial charge in [0.25, 0.3) is 0 Å². The Kier molecular flexibility index (Phi) is 5.51. The van der Waals surface area contributed by atoms with E-state index in [0.29, 0.717) is 0 Å². The molecule has 0 radical (unpaired) electrons. The summed E-state index contributed by atoms with van der Waals surface area (Å²) in [6, 6.07) is 0. The van der Waals surface area contributed by atoms with Gasteiger partial charge in [0.2, 0.25) is 0 Å². The zero-order valence-electron chi connectivity index (χ0n) is 11.4. The molecular formula is C12H28O2Si. The Hall–Kier alpha value is 0.137. The summed E-state index contributed by atoms with van der Waals surface area (Å²) in [5.41, 5.74) is 0. The molecule has 0 aromatic heterocycles. The van der Waals surface area contributed by atoms with Gasteiger partial charge in [-0.3, -0.25) is 0 Å². The topological polar surface area (TPSA) is 29.5 Å². The summed E-state index contributed by atoms with van der Waals surface area (Å²) in [5, 5.41) is 9.89. The molecule has 2 nitrogen and oxygen atoms in total. The Bertz CT molecular complexity index is 183. The van der Waals surface area contributed by atoms with Crippen molar-refractivity contribution in [2.24, 2.45) is 0 Å². The highest BCUT2D eigenvalue weighted by Gasteiger charge is 2.39. The monoisotopic (exact) mass is 232 g/mol. The molecule has 0 spiro atoms. The van der Waals surface area contributed by atoms with E-state index in [4.69, 9.17) is 4.43 Å². The van der Waals surface area contributed by atoms with Crippen LogP contribution in [-0.4, -0.2) is 25.6 Å². The second-order valence-corrected chi connectivity index (χ2v) is 10.7. The van der Waals surface area contributed by atoms with Gasteiger partial charge in [-0.25, -0.2) is 0 Å². The average Bonchev–Trinajstić information content (AvgIpc) is 2.00. The smallest absolute Gasteiger partial charge is 0.192 e. The highest BCUT2D eigenvalue weighted by molar-refractivity contribution is 6.74. The zero-order valence-corrected chi connectivity index (χ0v) is 12.4. The number of aliphatic hydroxyl groups is 1. The Morgan fingerprint density at radius 1 is 1.27 bits per heavy atom. The fourth-order valence-corrected chi connectivity index (χ4v) is 2.66. The van der Waals surface area contributed by atoms with E-state index in [1.807, 2.05) is 6.92 Å². The predicted molar refractivity (Wildman–Crippen MR) is 68.7 cm³/mol. The fourth-order valence-electron chi connectivity index (χ4n) is 1.24. The van der Waals surface area contributed by atoms with Gasteiger partial charge in [-0.05, 0) is 31.5 Å². The Morgan fingerprint density at radius 2 is 1.73 bits per heavy atom. The second kappa shape index (κ2) is 5.46. The SMILES string of the molecule is CCC[C@H](O[Si](C)(C)C(C)(C)C)[C@H](C)O. The summed E-state index contributed by atoms with van der Waals surface area (Å²) >= 11 is 0. The molecule has 0 rings (SSSR count). The summed E-state index contributed by atoms with van der Waals surface area (Å²) in [5.74, 6) is 0. The van der Waals surface area contributed by atoms with Gasteiger partial charge >= 0.3 is 0 Å². The maximum absolute atomic E-state index is 9.67. The van der Waals surface area contributed by atoms with Crippen LogP contribution in [0.15, 0.2) is 0 Å². The standard InChI is InChI=1S/C12H28O2Si/c1-8-9-11(10(2)13)14-15(6,7)12(3,4)5/h10-11,13H,8-9H2,1-7H3/t10-,11-/m0/s1. The van der Waals surface area contributed by atoms with Gasteiger partial charge in [-0.15, -0.1) is 0 Å². The van der Waals surface area contributed by atoms with Gasteiger partial charge in [0.05, 0.1) is 12.2 Å². The number of hydrogen-bond donors (Lipinski definition) is 1. The normalized spacial score (nSPS) is 17.6. The van der Waals surface area contributed by atoms with E-state index in [2.05, 4.69) is 40.8 Å². The Labute approximate surface area is 96.2 Å². The molecule has 0 heterocycles. The molecule has 0 bridgehead atoms. The van der Waals surface area contributed by atoms with Crippen molar-refractivity contribution >= 4 is 8.32 Å². The van der Waals surface area contributed by atoms with Gasteiger partial charge < -0.3 is 9.53 Å². The van der Waals surface area contributed by atoms with Crippen molar-refractivity contribution in [3.63, 3.8) is 0 Å². The summed E-state index contributed by atoms with van der Waals surface area (Å²) in [6.45, 7) is 15.1. The number of hydrogen-bond acceptors (Lipinski definition) is 2. The lowest BCUT2D eigenvalue weighted by atomic mass is 10.1. The fraction of sp³-hybridized carbons (Fsp3) is 1.00. The van der Waals surface area contributed by atoms with Crippen molar-refractivity contribution < 1.29 is 9.53 Å². The molecule has 92 valence electrons. The predicted octanol–water partition coefficient (Wildman–Crippen LogP) is 3.56. The summed E-state index contributed by atoms with van der Waals surface area (Å²) in [7, 11) is -1.73. The van der Waals surface area contributed by atoms with E-state index < -0.39 is 8.32 Å². The lowest BCUT2D eigenvalue weighted by Gasteiger charge is -2.40. The van der Waals surface area contributed by atoms with Gasteiger partial charge in [-0.2, -0.15) is 0 Å². The van der Waals surface area contributed by atoms with Crippen molar-refractivity contribution in [2.45, 2.75) is 77.8 Å². The van der Waals surface area contributed by atoms with Crippen LogP contribution >= 0.6 is 0 Å². The molecule has 0 unspecified atom stereocenters. The van der Waals surface area contributed by atoms with Gasteiger partial charge in [0.1, 0.15) is 0 Å². The molecular weight excluding hydrogens is 204 g/mol. The van der Waals surface area contributed by atoms with Gasteiger partial charge in [-0.1, -0.05) is 34.1 Å². The van der Waals surface area contributed by atoms with E-state index in [0.717, 1.165) is 12.8 Å². The number of aliphatic hydroxyl groups excluding tert-OH is 1. The largest absolute Gasteiger partial charge is 0.411 e. The molecule has 2 atom stereocenters. The van der Waals surface area contributed by atoms with Crippen LogP contribution in [0.1, 0.15) is 47.5 Å². The minimum Gasteiger partial charge on any atom is -0.411 e. The molecule has 0 saturated carbocycles. The molecule has 0 aliphatic rings. The molecule has 0 aliphatic carbocycles. The Morgan fingerprint density at radius 3 is 2.00 bits per heavy atom. The average molecular weight is 232 g/mol. The quantitative estimate of drug-likeness (QED) is 0.735. The van der Waals surface area contributed by atoms with Crippen LogP contribution in [0, 0.1) is 0 Å². The van der Waals surface area contributed by atoms with Gasteiger partial charge in [0.15, 0.2) is 8.32 Å². The first-order valence-corrected chi connectivity index (χ1v) is 8.88. The highest BCUT2D eigenvalue weighted by Crippen LogP contribution is 2.38. The second-order valence-electron chi connectivity index (χ2n) is 5.95. The maximum atomic E-state index is 9.67. The van der Waals surface area contributed by atoms with Crippen LogP contribution in [0.25, 0.3) is 0 Å². The first kappa shape index (κ1) is 15.1. The van der Waals surface area contributed by atoms with Crippen molar-refractivity contribution in [1.82, 2.24) is 0 Å². The van der Waals surface area contributed by atoms with Crippen molar-refractivity contribution in [2.75, 3.05) is 0 Å². The van der Waals surface area contributed by atoms with Crippen molar-refractivity contribution in [3.8, 4) is 0 Å².